The summed E-state index contributed by atoms with van der Waals surface area (Å²) in [6.45, 7) is 0.243. The third-order valence-electron chi connectivity index (χ3n) is 2.02. The van der Waals surface area contributed by atoms with Gasteiger partial charge in [-0.25, -0.2) is 8.42 Å². The van der Waals surface area contributed by atoms with Gasteiger partial charge in [0.05, 0.1) is 16.8 Å². The summed E-state index contributed by atoms with van der Waals surface area (Å²) < 4.78 is 23.6. The number of nitrogens with one attached hydrogen (secondary N) is 1. The number of hydrogen-bond acceptors (Lipinski definition) is 4. The first-order chi connectivity index (χ1) is 7.45. The maximum absolute atomic E-state index is 11.8. The van der Waals surface area contributed by atoms with Gasteiger partial charge in [-0.05, 0) is 31.3 Å². The summed E-state index contributed by atoms with van der Waals surface area (Å²) in [5.74, 6) is -0.296. The van der Waals surface area contributed by atoms with Gasteiger partial charge in [-0.3, -0.25) is 0 Å². The van der Waals surface area contributed by atoms with E-state index >= 15 is 0 Å². The fourth-order valence-electron chi connectivity index (χ4n) is 1.29. The molecule has 0 bridgehead atoms. The Kier molecular flexibility index (Phi) is 4.73. The number of hydrogen-bond donors (Lipinski definition) is 2. The van der Waals surface area contributed by atoms with Gasteiger partial charge in [0.2, 0.25) is 0 Å². The molecule has 0 spiro atoms. The van der Waals surface area contributed by atoms with E-state index < -0.39 is 15.9 Å². The molecule has 1 aromatic rings. The first-order valence-corrected chi connectivity index (χ1v) is 6.79. The van der Waals surface area contributed by atoms with Crippen LogP contribution in [0.4, 0.5) is 0 Å². The van der Waals surface area contributed by atoms with E-state index in [4.69, 9.17) is 11.6 Å². The molecule has 1 aromatic carbocycles. The molecule has 0 radical (unpaired) electrons. The Labute approximate surface area is 100 Å². The molecule has 1 rings (SSSR count). The minimum Gasteiger partial charge on any atom is -0.391 e. The Morgan fingerprint density at radius 3 is 2.44 bits per heavy atom. The van der Waals surface area contributed by atoms with Gasteiger partial charge in [-0.2, -0.15) is 0 Å². The molecule has 0 aromatic heterocycles. The maximum Gasteiger partial charge on any atom is 0.180 e. The molecular weight excluding hydrogens is 250 g/mol. The average Bonchev–Trinajstić information content (AvgIpc) is 2.17. The molecule has 1 unspecified atom stereocenters. The van der Waals surface area contributed by atoms with Gasteiger partial charge >= 0.3 is 0 Å². The minimum absolute atomic E-state index is 0.173. The first-order valence-electron chi connectivity index (χ1n) is 4.76. The highest BCUT2D eigenvalue weighted by atomic mass is 35.5. The Balaban J connectivity index is 2.82. The van der Waals surface area contributed by atoms with Crippen molar-refractivity contribution >= 4 is 21.4 Å². The number of rotatable bonds is 5. The molecule has 16 heavy (non-hydrogen) atoms. The van der Waals surface area contributed by atoms with Crippen molar-refractivity contribution in [3.05, 3.63) is 29.3 Å². The predicted octanol–water partition coefficient (Wildman–Crippen LogP) is 0.694. The van der Waals surface area contributed by atoms with Gasteiger partial charge in [0.15, 0.2) is 9.84 Å². The number of aliphatic hydroxyl groups is 1. The molecule has 0 amide bonds. The van der Waals surface area contributed by atoms with Gasteiger partial charge in [0.1, 0.15) is 0 Å². The quantitative estimate of drug-likeness (QED) is 0.821. The van der Waals surface area contributed by atoms with E-state index in [0.29, 0.717) is 5.02 Å². The first kappa shape index (κ1) is 13.4. The van der Waals surface area contributed by atoms with Crippen molar-refractivity contribution in [1.82, 2.24) is 5.32 Å². The summed E-state index contributed by atoms with van der Waals surface area (Å²) in [6, 6.07) is 5.89. The largest absolute Gasteiger partial charge is 0.391 e. The second-order valence-corrected chi connectivity index (χ2v) is 5.92. The minimum atomic E-state index is -3.45. The molecule has 0 aliphatic heterocycles. The number of aliphatic hydroxyl groups excluding tert-OH is 1. The summed E-state index contributed by atoms with van der Waals surface area (Å²) in [6.07, 6.45) is -0.911. The van der Waals surface area contributed by atoms with Crippen LogP contribution in [0.25, 0.3) is 0 Å². The van der Waals surface area contributed by atoms with Crippen LogP contribution in [0.2, 0.25) is 5.02 Å². The van der Waals surface area contributed by atoms with Crippen molar-refractivity contribution in [3.8, 4) is 0 Å². The van der Waals surface area contributed by atoms with E-state index in [9.17, 15) is 13.5 Å². The van der Waals surface area contributed by atoms with Crippen molar-refractivity contribution in [3.63, 3.8) is 0 Å². The molecule has 0 saturated carbocycles. The van der Waals surface area contributed by atoms with Crippen molar-refractivity contribution in [2.45, 2.75) is 11.0 Å². The van der Waals surface area contributed by atoms with Gasteiger partial charge < -0.3 is 10.4 Å². The second-order valence-electron chi connectivity index (χ2n) is 3.45. The second kappa shape index (κ2) is 5.63. The SMILES string of the molecule is CNCC(O)CS(=O)(=O)c1ccc(Cl)cc1. The maximum atomic E-state index is 11.8. The van der Waals surface area contributed by atoms with E-state index in [2.05, 4.69) is 5.32 Å². The fourth-order valence-corrected chi connectivity index (χ4v) is 2.78. The van der Waals surface area contributed by atoms with Crippen LogP contribution in [-0.2, 0) is 9.84 Å². The van der Waals surface area contributed by atoms with Crippen LogP contribution in [0.3, 0.4) is 0 Å². The Bertz CT molecular complexity index is 430. The fraction of sp³-hybridized carbons (Fsp3) is 0.400. The molecule has 2 N–H and O–H groups in total. The molecule has 1 atom stereocenters. The van der Waals surface area contributed by atoms with Gasteiger partial charge in [-0.1, -0.05) is 11.6 Å². The van der Waals surface area contributed by atoms with E-state index in [1.54, 1.807) is 7.05 Å². The van der Waals surface area contributed by atoms with Crippen molar-refractivity contribution in [1.29, 1.82) is 0 Å². The molecule has 0 aliphatic carbocycles. The summed E-state index contributed by atoms with van der Waals surface area (Å²) in [4.78, 5) is 0.173. The van der Waals surface area contributed by atoms with Crippen molar-refractivity contribution < 1.29 is 13.5 Å². The molecule has 90 valence electrons. The zero-order chi connectivity index (χ0) is 12.2. The predicted molar refractivity (Wildman–Crippen MR) is 63.4 cm³/mol. The number of halogens is 1. The van der Waals surface area contributed by atoms with Crippen molar-refractivity contribution in [2.75, 3.05) is 19.3 Å². The molecule has 0 fully saturated rings. The zero-order valence-corrected chi connectivity index (χ0v) is 10.4. The van der Waals surface area contributed by atoms with Crippen LogP contribution in [0.1, 0.15) is 0 Å². The number of benzene rings is 1. The average molecular weight is 264 g/mol. The normalized spacial score (nSPS) is 13.7. The Morgan fingerprint density at radius 2 is 1.94 bits per heavy atom. The van der Waals surface area contributed by atoms with E-state index in [1.807, 2.05) is 0 Å². The van der Waals surface area contributed by atoms with Gasteiger partial charge in [0.25, 0.3) is 0 Å². The van der Waals surface area contributed by atoms with E-state index in [1.165, 1.54) is 24.3 Å². The lowest BCUT2D eigenvalue weighted by molar-refractivity contribution is 0.197. The van der Waals surface area contributed by atoms with E-state index in [-0.39, 0.29) is 17.2 Å². The lowest BCUT2D eigenvalue weighted by Gasteiger charge is -2.10. The Hall–Kier alpha value is -0.620. The Morgan fingerprint density at radius 1 is 1.38 bits per heavy atom. The van der Waals surface area contributed by atoms with Crippen LogP contribution < -0.4 is 5.32 Å². The molecule has 0 aliphatic rings. The molecule has 0 heterocycles. The highest BCUT2D eigenvalue weighted by Crippen LogP contribution is 2.15. The molecule has 0 saturated heterocycles. The van der Waals surface area contributed by atoms with Crippen LogP contribution in [0.5, 0.6) is 0 Å². The summed E-state index contributed by atoms with van der Waals surface area (Å²) in [5.41, 5.74) is 0. The summed E-state index contributed by atoms with van der Waals surface area (Å²) >= 11 is 5.66. The van der Waals surface area contributed by atoms with Gasteiger partial charge in [-0.15, -0.1) is 0 Å². The lowest BCUT2D eigenvalue weighted by Crippen LogP contribution is -2.30. The lowest BCUT2D eigenvalue weighted by atomic mass is 10.4. The monoisotopic (exact) mass is 263 g/mol. The van der Waals surface area contributed by atoms with Crippen LogP contribution in [0.15, 0.2) is 29.2 Å². The highest BCUT2D eigenvalue weighted by Gasteiger charge is 2.18. The van der Waals surface area contributed by atoms with E-state index in [0.717, 1.165) is 0 Å². The summed E-state index contributed by atoms with van der Waals surface area (Å²) in [5, 5.41) is 12.6. The molecule has 6 heteroatoms. The highest BCUT2D eigenvalue weighted by molar-refractivity contribution is 7.91. The van der Waals surface area contributed by atoms with Crippen LogP contribution in [-0.4, -0.2) is 39.0 Å². The van der Waals surface area contributed by atoms with Crippen LogP contribution in [0, 0.1) is 0 Å². The number of likely N-dealkylation sites (N-methyl/N-ethyl adjacent to an activating group) is 1. The zero-order valence-electron chi connectivity index (χ0n) is 8.85. The van der Waals surface area contributed by atoms with Crippen LogP contribution >= 0.6 is 11.6 Å². The third kappa shape index (κ3) is 3.75. The topological polar surface area (TPSA) is 66.4 Å². The molecule has 4 nitrogen and oxygen atoms in total. The summed E-state index contributed by atoms with van der Waals surface area (Å²) in [7, 11) is -1.80. The third-order valence-corrected chi connectivity index (χ3v) is 4.09. The smallest absolute Gasteiger partial charge is 0.180 e. The number of sulfone groups is 1. The molecular formula is C10H14ClNO3S. The standard InChI is InChI=1S/C10H14ClNO3S/c1-12-6-9(13)7-16(14,15)10-4-2-8(11)3-5-10/h2-5,9,12-13H,6-7H2,1H3. The van der Waals surface area contributed by atoms with Gasteiger partial charge in [0, 0.05) is 11.6 Å². The van der Waals surface area contributed by atoms with Crippen molar-refractivity contribution in [2.24, 2.45) is 0 Å².